The summed E-state index contributed by atoms with van der Waals surface area (Å²) in [5.74, 6) is 1.05. The van der Waals surface area contributed by atoms with Crippen molar-refractivity contribution in [1.82, 2.24) is 5.32 Å². The molecule has 3 rings (SSSR count). The van der Waals surface area contributed by atoms with Crippen LogP contribution in [0.4, 0.5) is 5.69 Å². The summed E-state index contributed by atoms with van der Waals surface area (Å²) in [6.45, 7) is 2.58. The van der Waals surface area contributed by atoms with Crippen LogP contribution in [0.1, 0.15) is 23.1 Å². The number of hydrogen-bond acceptors (Lipinski definition) is 3. The molecule has 0 bridgehead atoms. The minimum atomic E-state index is 0.809. The standard InChI is InChI=1S/C17H20N2O/c18-16-6-3-13(4-7-16)11-19-12-14-5-8-17-15(10-14)2-1-9-20-17/h3-8,10,19H,1-2,9,11-12,18H2. The molecule has 1 aliphatic rings. The van der Waals surface area contributed by atoms with Gasteiger partial charge in [0.25, 0.3) is 0 Å². The first kappa shape index (κ1) is 13.0. The fraction of sp³-hybridized carbons (Fsp3) is 0.294. The number of ether oxygens (including phenoxy) is 1. The summed E-state index contributed by atoms with van der Waals surface area (Å²) >= 11 is 0. The molecular formula is C17H20N2O. The van der Waals surface area contributed by atoms with Crippen LogP contribution in [0, 0.1) is 0 Å². The van der Waals surface area contributed by atoms with Crippen molar-refractivity contribution in [3.63, 3.8) is 0 Å². The largest absolute Gasteiger partial charge is 0.493 e. The third-order valence-corrected chi connectivity index (χ3v) is 3.61. The predicted molar refractivity (Wildman–Crippen MR) is 81.7 cm³/mol. The van der Waals surface area contributed by atoms with Crippen molar-refractivity contribution < 1.29 is 4.74 Å². The number of anilines is 1. The number of hydrogen-bond donors (Lipinski definition) is 2. The van der Waals surface area contributed by atoms with E-state index in [1.165, 1.54) is 16.7 Å². The SMILES string of the molecule is Nc1ccc(CNCc2ccc3c(c2)CCCO3)cc1. The molecule has 0 saturated carbocycles. The Morgan fingerprint density at radius 1 is 1.00 bits per heavy atom. The second kappa shape index (κ2) is 5.97. The lowest BCUT2D eigenvalue weighted by molar-refractivity contribution is 0.288. The molecule has 0 atom stereocenters. The molecule has 3 heteroatoms. The van der Waals surface area contributed by atoms with E-state index in [1.54, 1.807) is 0 Å². The third-order valence-electron chi connectivity index (χ3n) is 3.61. The minimum absolute atomic E-state index is 0.809. The summed E-state index contributed by atoms with van der Waals surface area (Å²) in [6, 6.07) is 14.5. The zero-order valence-corrected chi connectivity index (χ0v) is 11.6. The van der Waals surface area contributed by atoms with E-state index < -0.39 is 0 Å². The van der Waals surface area contributed by atoms with Gasteiger partial charge in [0, 0.05) is 18.8 Å². The Bertz CT molecular complexity index is 578. The van der Waals surface area contributed by atoms with E-state index in [2.05, 4.69) is 35.6 Å². The van der Waals surface area contributed by atoms with Crippen LogP contribution in [0.5, 0.6) is 5.75 Å². The summed E-state index contributed by atoms with van der Waals surface area (Å²) in [4.78, 5) is 0. The molecule has 104 valence electrons. The highest BCUT2D eigenvalue weighted by atomic mass is 16.5. The summed E-state index contributed by atoms with van der Waals surface area (Å²) in [6.07, 6.45) is 2.25. The average molecular weight is 268 g/mol. The van der Waals surface area contributed by atoms with Crippen molar-refractivity contribution in [1.29, 1.82) is 0 Å². The molecule has 20 heavy (non-hydrogen) atoms. The van der Waals surface area contributed by atoms with Crippen molar-refractivity contribution in [3.05, 3.63) is 59.2 Å². The number of nitrogens with one attached hydrogen (secondary N) is 1. The number of nitrogens with two attached hydrogens (primary N) is 1. The first-order valence-corrected chi connectivity index (χ1v) is 7.11. The van der Waals surface area contributed by atoms with Crippen LogP contribution in [0.2, 0.25) is 0 Å². The molecular weight excluding hydrogens is 248 g/mol. The van der Waals surface area contributed by atoms with Crippen LogP contribution in [-0.2, 0) is 19.5 Å². The smallest absolute Gasteiger partial charge is 0.122 e. The molecule has 0 fully saturated rings. The van der Waals surface area contributed by atoms with Crippen molar-refractivity contribution in [2.45, 2.75) is 25.9 Å². The molecule has 3 N–H and O–H groups in total. The third kappa shape index (κ3) is 3.11. The minimum Gasteiger partial charge on any atom is -0.493 e. The topological polar surface area (TPSA) is 47.3 Å². The van der Waals surface area contributed by atoms with Crippen LogP contribution in [-0.4, -0.2) is 6.61 Å². The summed E-state index contributed by atoms with van der Waals surface area (Å²) in [7, 11) is 0. The highest BCUT2D eigenvalue weighted by Crippen LogP contribution is 2.25. The molecule has 0 spiro atoms. The lowest BCUT2D eigenvalue weighted by Crippen LogP contribution is -2.14. The Morgan fingerprint density at radius 2 is 1.75 bits per heavy atom. The number of benzene rings is 2. The van der Waals surface area contributed by atoms with E-state index in [0.29, 0.717) is 0 Å². The molecule has 1 heterocycles. The first-order chi connectivity index (χ1) is 9.81. The van der Waals surface area contributed by atoms with E-state index in [1.807, 2.05) is 12.1 Å². The molecule has 3 nitrogen and oxygen atoms in total. The van der Waals surface area contributed by atoms with E-state index in [4.69, 9.17) is 10.5 Å². The van der Waals surface area contributed by atoms with Gasteiger partial charge in [0.2, 0.25) is 0 Å². The number of aryl methyl sites for hydroxylation is 1. The molecule has 0 aliphatic carbocycles. The van der Waals surface area contributed by atoms with Gasteiger partial charge in [-0.1, -0.05) is 24.3 Å². The number of rotatable bonds is 4. The molecule has 2 aromatic carbocycles. The Kier molecular flexibility index (Phi) is 3.88. The molecule has 0 aromatic heterocycles. The Balaban J connectivity index is 1.57. The van der Waals surface area contributed by atoms with Crippen LogP contribution in [0.15, 0.2) is 42.5 Å². The van der Waals surface area contributed by atoms with Crippen molar-refractivity contribution in [2.24, 2.45) is 0 Å². The monoisotopic (exact) mass is 268 g/mol. The lowest BCUT2D eigenvalue weighted by Gasteiger charge is -2.18. The van der Waals surface area contributed by atoms with Crippen LogP contribution in [0.3, 0.4) is 0 Å². The van der Waals surface area contributed by atoms with Gasteiger partial charge in [-0.3, -0.25) is 0 Å². The highest BCUT2D eigenvalue weighted by molar-refractivity contribution is 5.40. The van der Waals surface area contributed by atoms with E-state index in [9.17, 15) is 0 Å². The maximum absolute atomic E-state index is 5.68. The van der Waals surface area contributed by atoms with E-state index in [0.717, 1.165) is 44.0 Å². The first-order valence-electron chi connectivity index (χ1n) is 7.11. The Hall–Kier alpha value is -2.00. The summed E-state index contributed by atoms with van der Waals surface area (Å²) in [5.41, 5.74) is 10.4. The van der Waals surface area contributed by atoms with Gasteiger partial charge in [-0.05, 0) is 47.7 Å². The molecule has 2 aromatic rings. The zero-order valence-electron chi connectivity index (χ0n) is 11.6. The van der Waals surface area contributed by atoms with Gasteiger partial charge in [-0.15, -0.1) is 0 Å². The van der Waals surface area contributed by atoms with Gasteiger partial charge in [0.05, 0.1) is 6.61 Å². The zero-order chi connectivity index (χ0) is 13.8. The number of nitrogen functional groups attached to an aromatic ring is 1. The van der Waals surface area contributed by atoms with Gasteiger partial charge < -0.3 is 15.8 Å². The number of fused-ring (bicyclic) bond motifs is 1. The Labute approximate surface area is 119 Å². The lowest BCUT2D eigenvalue weighted by atomic mass is 10.0. The molecule has 1 aliphatic heterocycles. The van der Waals surface area contributed by atoms with Gasteiger partial charge in [-0.2, -0.15) is 0 Å². The fourth-order valence-corrected chi connectivity index (χ4v) is 2.51. The highest BCUT2D eigenvalue weighted by Gasteiger charge is 2.10. The van der Waals surface area contributed by atoms with E-state index in [-0.39, 0.29) is 0 Å². The summed E-state index contributed by atoms with van der Waals surface area (Å²) < 4.78 is 5.63. The molecule has 0 radical (unpaired) electrons. The quantitative estimate of drug-likeness (QED) is 0.838. The van der Waals surface area contributed by atoms with Gasteiger partial charge in [0.15, 0.2) is 0 Å². The maximum Gasteiger partial charge on any atom is 0.122 e. The average Bonchev–Trinajstić information content (AvgIpc) is 2.49. The van der Waals surface area contributed by atoms with Crippen molar-refractivity contribution in [2.75, 3.05) is 12.3 Å². The fourth-order valence-electron chi connectivity index (χ4n) is 2.51. The maximum atomic E-state index is 5.68. The normalized spacial score (nSPS) is 13.6. The molecule has 0 amide bonds. The van der Waals surface area contributed by atoms with E-state index >= 15 is 0 Å². The van der Waals surface area contributed by atoms with Crippen LogP contribution in [0.25, 0.3) is 0 Å². The van der Waals surface area contributed by atoms with Crippen molar-refractivity contribution in [3.8, 4) is 5.75 Å². The van der Waals surface area contributed by atoms with Crippen molar-refractivity contribution >= 4 is 5.69 Å². The van der Waals surface area contributed by atoms with Crippen LogP contribution >= 0.6 is 0 Å². The Morgan fingerprint density at radius 3 is 2.60 bits per heavy atom. The van der Waals surface area contributed by atoms with Gasteiger partial charge in [-0.25, -0.2) is 0 Å². The second-order valence-electron chi connectivity index (χ2n) is 5.24. The summed E-state index contributed by atoms with van der Waals surface area (Å²) in [5, 5.41) is 3.46. The molecule has 0 unspecified atom stereocenters. The molecule has 0 saturated heterocycles. The predicted octanol–water partition coefficient (Wildman–Crippen LogP) is 2.88. The second-order valence-corrected chi connectivity index (χ2v) is 5.24. The van der Waals surface area contributed by atoms with Crippen LogP contribution < -0.4 is 15.8 Å². The van der Waals surface area contributed by atoms with Gasteiger partial charge in [0.1, 0.15) is 5.75 Å². The van der Waals surface area contributed by atoms with Gasteiger partial charge >= 0.3 is 0 Å².